The Morgan fingerprint density at radius 1 is 0.589 bits per heavy atom. The van der Waals surface area contributed by atoms with Crippen molar-refractivity contribution in [2.75, 3.05) is 7.05 Å². The van der Waals surface area contributed by atoms with Gasteiger partial charge in [-0.15, -0.1) is 0 Å². The van der Waals surface area contributed by atoms with Crippen LogP contribution in [0, 0.1) is 0 Å². The normalized spacial score (nSPS) is 14.5. The van der Waals surface area contributed by atoms with E-state index in [4.69, 9.17) is 9.98 Å². The lowest BCUT2D eigenvalue weighted by molar-refractivity contribution is 0.770. The molecular weight excluding hydrogens is 679 g/mol. The van der Waals surface area contributed by atoms with Crippen LogP contribution in [0.15, 0.2) is 216 Å². The number of allylic oxidation sites excluding steroid dienone is 3. The molecule has 0 bridgehead atoms. The second-order valence-electron chi connectivity index (χ2n) is 14.4. The van der Waals surface area contributed by atoms with Crippen LogP contribution in [0.1, 0.15) is 46.2 Å². The van der Waals surface area contributed by atoms with Crippen LogP contribution in [0.2, 0.25) is 0 Å². The third-order valence-electron chi connectivity index (χ3n) is 11.1. The average molecular weight is 722 g/mol. The standard InChI is InChI=1S/C53H43N3/c1-54-51(39-20-6-2-7-21-39)56-52(40-22-8-3-9-23-40)55-37-38-19-16-24-41(35-38)42-25-17-26-43(36-42)46-32-18-33-48-47-31-14-15-34-49(47)53(50(46)48,44-27-10-4-11-28-44)45-29-12-5-13-30-45/h2-6,8-20,22-36H,7,21,37H2,1H3,(H,54,55,56). The first-order valence-corrected chi connectivity index (χ1v) is 19.5. The molecule has 0 fully saturated rings. The summed E-state index contributed by atoms with van der Waals surface area (Å²) < 4.78 is 0. The minimum atomic E-state index is -0.477. The highest BCUT2D eigenvalue weighted by atomic mass is 15.0. The van der Waals surface area contributed by atoms with E-state index < -0.39 is 5.41 Å². The van der Waals surface area contributed by atoms with Crippen molar-refractivity contribution in [2.45, 2.75) is 24.8 Å². The van der Waals surface area contributed by atoms with Gasteiger partial charge in [-0.3, -0.25) is 4.99 Å². The van der Waals surface area contributed by atoms with Gasteiger partial charge in [-0.05, 0) is 91.7 Å². The maximum absolute atomic E-state index is 5.12. The molecule has 2 aliphatic carbocycles. The largest absolute Gasteiger partial charge is 0.373 e. The van der Waals surface area contributed by atoms with Crippen molar-refractivity contribution in [3.8, 4) is 33.4 Å². The Morgan fingerprint density at radius 3 is 1.91 bits per heavy atom. The van der Waals surface area contributed by atoms with Crippen LogP contribution >= 0.6 is 0 Å². The number of fused-ring (bicyclic) bond motifs is 3. The van der Waals surface area contributed by atoms with Gasteiger partial charge in [0.1, 0.15) is 5.84 Å². The molecule has 0 heterocycles. The van der Waals surface area contributed by atoms with Gasteiger partial charge in [0.25, 0.3) is 0 Å². The first-order chi connectivity index (χ1) is 27.7. The molecule has 0 saturated heterocycles. The summed E-state index contributed by atoms with van der Waals surface area (Å²) in [6.07, 6.45) is 8.42. The summed E-state index contributed by atoms with van der Waals surface area (Å²) in [5, 5.41) is 3.33. The fourth-order valence-electron chi connectivity index (χ4n) is 8.60. The molecule has 270 valence electrons. The summed E-state index contributed by atoms with van der Waals surface area (Å²) >= 11 is 0. The van der Waals surface area contributed by atoms with Gasteiger partial charge in [-0.2, -0.15) is 0 Å². The van der Waals surface area contributed by atoms with Gasteiger partial charge in [0.15, 0.2) is 5.84 Å². The quantitative estimate of drug-likeness (QED) is 0.123. The van der Waals surface area contributed by atoms with Gasteiger partial charge in [0.2, 0.25) is 0 Å². The van der Waals surface area contributed by atoms with Crippen LogP contribution in [-0.2, 0) is 12.0 Å². The zero-order valence-corrected chi connectivity index (χ0v) is 31.6. The van der Waals surface area contributed by atoms with Crippen molar-refractivity contribution in [3.63, 3.8) is 0 Å². The molecular formula is C53H43N3. The molecule has 1 N–H and O–H groups in total. The van der Waals surface area contributed by atoms with Gasteiger partial charge >= 0.3 is 0 Å². The molecule has 0 aliphatic heterocycles. The minimum Gasteiger partial charge on any atom is -0.373 e. The van der Waals surface area contributed by atoms with Crippen LogP contribution in [0.25, 0.3) is 33.4 Å². The molecule has 0 amide bonds. The van der Waals surface area contributed by atoms with E-state index in [9.17, 15) is 0 Å². The van der Waals surface area contributed by atoms with Crippen LogP contribution in [0.5, 0.6) is 0 Å². The Bertz CT molecular complexity index is 2590. The van der Waals surface area contributed by atoms with Crippen LogP contribution in [-0.4, -0.2) is 18.7 Å². The van der Waals surface area contributed by atoms with Crippen molar-refractivity contribution in [2.24, 2.45) is 9.98 Å². The predicted molar refractivity (Wildman–Crippen MR) is 234 cm³/mol. The zero-order valence-electron chi connectivity index (χ0n) is 31.6. The maximum Gasteiger partial charge on any atom is 0.157 e. The lowest BCUT2D eigenvalue weighted by Crippen LogP contribution is -2.29. The molecule has 2 aliphatic rings. The number of hydrogen-bond donors (Lipinski definition) is 1. The third-order valence-corrected chi connectivity index (χ3v) is 11.1. The SMILES string of the molecule is CN/C(=N\C(=N/Cc1cccc(-c2cccc(-c3cccc4c3C(c3ccccc3)(c3ccccc3)c3ccccc3-4)c2)c1)c1ccccc1)C1=CC=CCC1. The highest BCUT2D eigenvalue weighted by Gasteiger charge is 2.47. The van der Waals surface area contributed by atoms with Gasteiger partial charge in [0, 0.05) is 12.6 Å². The Labute approximate surface area is 330 Å². The number of benzene rings is 7. The lowest BCUT2D eigenvalue weighted by atomic mass is 9.66. The molecule has 9 rings (SSSR count). The zero-order chi connectivity index (χ0) is 37.7. The average Bonchev–Trinajstić information content (AvgIpc) is 3.59. The van der Waals surface area contributed by atoms with Crippen molar-refractivity contribution < 1.29 is 0 Å². The van der Waals surface area contributed by atoms with E-state index in [1.165, 1.54) is 55.6 Å². The van der Waals surface area contributed by atoms with Crippen molar-refractivity contribution in [1.82, 2.24) is 5.32 Å². The number of rotatable bonds is 8. The van der Waals surface area contributed by atoms with Crippen molar-refractivity contribution >= 4 is 11.7 Å². The molecule has 0 saturated carbocycles. The van der Waals surface area contributed by atoms with Crippen molar-refractivity contribution in [3.05, 3.63) is 239 Å². The molecule has 0 spiro atoms. The Morgan fingerprint density at radius 2 is 1.20 bits per heavy atom. The molecule has 0 atom stereocenters. The molecule has 56 heavy (non-hydrogen) atoms. The highest BCUT2D eigenvalue weighted by molar-refractivity contribution is 6.11. The van der Waals surface area contributed by atoms with E-state index >= 15 is 0 Å². The maximum atomic E-state index is 5.12. The van der Waals surface area contributed by atoms with Gasteiger partial charge in [-0.25, -0.2) is 4.99 Å². The first kappa shape index (κ1) is 34.9. The summed E-state index contributed by atoms with van der Waals surface area (Å²) in [6.45, 7) is 0.512. The molecule has 0 aromatic heterocycles. The topological polar surface area (TPSA) is 36.8 Å². The van der Waals surface area contributed by atoms with E-state index in [1.807, 2.05) is 25.2 Å². The summed E-state index contributed by atoms with van der Waals surface area (Å²) in [5.74, 6) is 1.58. The van der Waals surface area contributed by atoms with E-state index in [-0.39, 0.29) is 0 Å². The Balaban J connectivity index is 1.12. The van der Waals surface area contributed by atoms with Gasteiger partial charge < -0.3 is 5.32 Å². The molecule has 3 nitrogen and oxygen atoms in total. The number of hydrogen-bond acceptors (Lipinski definition) is 1. The summed E-state index contributed by atoms with van der Waals surface area (Å²) in [7, 11) is 1.93. The highest BCUT2D eigenvalue weighted by Crippen LogP contribution is 2.58. The first-order valence-electron chi connectivity index (χ1n) is 19.5. The van der Waals surface area contributed by atoms with E-state index in [0.29, 0.717) is 6.54 Å². The second-order valence-corrected chi connectivity index (χ2v) is 14.4. The number of likely N-dealkylation sites (N-methyl/N-ethyl adjacent to an activating group) is 1. The van der Waals surface area contributed by atoms with Gasteiger partial charge in [-0.1, -0.05) is 188 Å². The monoisotopic (exact) mass is 721 g/mol. The Kier molecular flexibility index (Phi) is 9.65. The Hall–Kier alpha value is -6.84. The molecule has 7 aromatic carbocycles. The fourth-order valence-corrected chi connectivity index (χ4v) is 8.60. The summed E-state index contributed by atoms with van der Waals surface area (Å²) in [5.41, 5.74) is 15.4. The van der Waals surface area contributed by atoms with E-state index in [2.05, 4.69) is 187 Å². The summed E-state index contributed by atoms with van der Waals surface area (Å²) in [4.78, 5) is 10.2. The second kappa shape index (κ2) is 15.5. The molecule has 7 aromatic rings. The number of nitrogens with one attached hydrogen (secondary N) is 1. The van der Waals surface area contributed by atoms with Crippen LogP contribution < -0.4 is 5.32 Å². The van der Waals surface area contributed by atoms with Gasteiger partial charge in [0.05, 0.1) is 12.0 Å². The van der Waals surface area contributed by atoms with Crippen LogP contribution in [0.4, 0.5) is 0 Å². The molecule has 0 radical (unpaired) electrons. The molecule has 0 unspecified atom stereocenters. The lowest BCUT2D eigenvalue weighted by Gasteiger charge is -2.35. The summed E-state index contributed by atoms with van der Waals surface area (Å²) in [6, 6.07) is 65.9. The number of aliphatic imine (C=N–C) groups is 2. The predicted octanol–water partition coefficient (Wildman–Crippen LogP) is 12.2. The van der Waals surface area contributed by atoms with E-state index in [1.54, 1.807) is 0 Å². The van der Waals surface area contributed by atoms with Crippen LogP contribution in [0.3, 0.4) is 0 Å². The smallest absolute Gasteiger partial charge is 0.157 e. The third kappa shape index (κ3) is 6.41. The van der Waals surface area contributed by atoms with Crippen molar-refractivity contribution in [1.29, 1.82) is 0 Å². The van der Waals surface area contributed by atoms with E-state index in [0.717, 1.165) is 41.2 Å². The fraction of sp³-hybridized carbons (Fsp3) is 0.0943. The molecule has 3 heteroatoms. The number of nitrogens with zero attached hydrogens (tertiary/aromatic N) is 2. The minimum absolute atomic E-state index is 0.477. The number of amidine groups is 2.